The molecule has 0 saturated heterocycles. The Labute approximate surface area is 135 Å². The van der Waals surface area contributed by atoms with Crippen molar-refractivity contribution in [2.24, 2.45) is 5.73 Å². The molecule has 4 N–H and O–H groups in total. The molecule has 2 amide bonds. The minimum absolute atomic E-state index is 0.146. The molecule has 23 heavy (non-hydrogen) atoms. The molecule has 0 aliphatic rings. The Morgan fingerprint density at radius 3 is 2.43 bits per heavy atom. The van der Waals surface area contributed by atoms with E-state index in [1.54, 1.807) is 18.2 Å². The van der Waals surface area contributed by atoms with Gasteiger partial charge in [-0.25, -0.2) is 0 Å². The number of aryl methyl sites for hydroxylation is 2. The maximum absolute atomic E-state index is 12.4. The number of nitrogens with one attached hydrogen (secondary N) is 2. The van der Waals surface area contributed by atoms with E-state index >= 15 is 0 Å². The minimum Gasteiger partial charge on any atom is -0.330 e. The first kappa shape index (κ1) is 16.7. The second-order valence-corrected chi connectivity index (χ2v) is 5.39. The smallest absolute Gasteiger partial charge is 0.255 e. The van der Waals surface area contributed by atoms with Crippen LogP contribution in [0, 0.1) is 13.8 Å². The monoisotopic (exact) mass is 311 g/mol. The van der Waals surface area contributed by atoms with Crippen LogP contribution in [0.25, 0.3) is 0 Å². The zero-order chi connectivity index (χ0) is 16.8. The van der Waals surface area contributed by atoms with Crippen LogP contribution in [-0.4, -0.2) is 18.4 Å². The highest BCUT2D eigenvalue weighted by atomic mass is 16.2. The Kier molecular flexibility index (Phi) is 5.49. The van der Waals surface area contributed by atoms with Gasteiger partial charge in [0.05, 0.1) is 0 Å². The molecular weight excluding hydrogens is 290 g/mol. The normalized spacial score (nSPS) is 10.2. The Morgan fingerprint density at radius 1 is 1.00 bits per heavy atom. The number of nitrogens with two attached hydrogens (primary N) is 1. The third kappa shape index (κ3) is 4.40. The molecule has 5 heteroatoms. The van der Waals surface area contributed by atoms with Gasteiger partial charge >= 0.3 is 0 Å². The summed E-state index contributed by atoms with van der Waals surface area (Å²) < 4.78 is 0. The summed E-state index contributed by atoms with van der Waals surface area (Å²) in [5.74, 6) is -0.316. The molecule has 0 atom stereocenters. The zero-order valence-electron chi connectivity index (χ0n) is 13.3. The van der Waals surface area contributed by atoms with Crippen molar-refractivity contribution in [2.45, 2.75) is 20.3 Å². The van der Waals surface area contributed by atoms with Gasteiger partial charge in [-0.1, -0.05) is 24.3 Å². The molecule has 5 nitrogen and oxygen atoms in total. The summed E-state index contributed by atoms with van der Waals surface area (Å²) in [5.41, 5.74) is 9.13. The summed E-state index contributed by atoms with van der Waals surface area (Å²) >= 11 is 0. The topological polar surface area (TPSA) is 84.2 Å². The quantitative estimate of drug-likeness (QED) is 0.794. The first-order valence-electron chi connectivity index (χ1n) is 7.49. The molecule has 0 spiro atoms. The molecular formula is C18H21N3O2. The maximum Gasteiger partial charge on any atom is 0.255 e. The van der Waals surface area contributed by atoms with Gasteiger partial charge in [0.15, 0.2) is 0 Å². The average Bonchev–Trinajstić information content (AvgIpc) is 2.51. The van der Waals surface area contributed by atoms with Crippen LogP contribution in [0.3, 0.4) is 0 Å². The Hall–Kier alpha value is -2.66. The number of anilines is 2. The highest BCUT2D eigenvalue weighted by molar-refractivity contribution is 6.06. The van der Waals surface area contributed by atoms with E-state index in [2.05, 4.69) is 10.6 Å². The van der Waals surface area contributed by atoms with E-state index in [0.717, 1.165) is 11.1 Å². The van der Waals surface area contributed by atoms with Crippen LogP contribution in [0.4, 0.5) is 11.4 Å². The van der Waals surface area contributed by atoms with E-state index in [0.29, 0.717) is 23.5 Å². The molecule has 120 valence electrons. The molecule has 0 fully saturated rings. The average molecular weight is 311 g/mol. The van der Waals surface area contributed by atoms with Gasteiger partial charge in [0, 0.05) is 29.9 Å². The molecule has 2 aromatic rings. The Bertz CT molecular complexity index is 726. The summed E-state index contributed by atoms with van der Waals surface area (Å²) in [6.07, 6.45) is 0.263. The van der Waals surface area contributed by atoms with Crippen molar-refractivity contribution < 1.29 is 9.59 Å². The summed E-state index contributed by atoms with van der Waals surface area (Å²) in [4.78, 5) is 24.0. The van der Waals surface area contributed by atoms with Crippen LogP contribution < -0.4 is 16.4 Å². The predicted molar refractivity (Wildman–Crippen MR) is 92.6 cm³/mol. The van der Waals surface area contributed by atoms with Crippen LogP contribution in [0.2, 0.25) is 0 Å². The van der Waals surface area contributed by atoms with Gasteiger partial charge in [0.25, 0.3) is 5.91 Å². The van der Waals surface area contributed by atoms with Gasteiger partial charge in [-0.2, -0.15) is 0 Å². The van der Waals surface area contributed by atoms with Crippen molar-refractivity contribution in [3.8, 4) is 0 Å². The molecule has 0 unspecified atom stereocenters. The zero-order valence-corrected chi connectivity index (χ0v) is 13.3. The third-order valence-corrected chi connectivity index (χ3v) is 3.53. The van der Waals surface area contributed by atoms with Crippen LogP contribution in [0.15, 0.2) is 42.5 Å². The molecule has 2 aromatic carbocycles. The summed E-state index contributed by atoms with van der Waals surface area (Å²) in [7, 11) is 0. The van der Waals surface area contributed by atoms with Crippen LogP contribution >= 0.6 is 0 Å². The number of benzene rings is 2. The van der Waals surface area contributed by atoms with E-state index in [1.165, 1.54) is 0 Å². The third-order valence-electron chi connectivity index (χ3n) is 3.53. The molecule has 0 bridgehead atoms. The molecule has 2 rings (SSSR count). The highest BCUT2D eigenvalue weighted by Crippen LogP contribution is 2.21. The van der Waals surface area contributed by atoms with E-state index in [-0.39, 0.29) is 18.2 Å². The number of hydrogen-bond donors (Lipinski definition) is 3. The fourth-order valence-corrected chi connectivity index (χ4v) is 2.21. The van der Waals surface area contributed by atoms with Crippen molar-refractivity contribution in [1.29, 1.82) is 0 Å². The number of carbonyl (C=O) groups excluding carboxylic acids is 2. The fourth-order valence-electron chi connectivity index (χ4n) is 2.21. The first-order chi connectivity index (χ1) is 11.0. The van der Waals surface area contributed by atoms with Gasteiger partial charge < -0.3 is 16.4 Å². The number of carbonyl (C=O) groups is 2. The SMILES string of the molecule is Cc1ccc(NC(=O)CCN)cc1NC(=O)c1ccccc1C. The standard InChI is InChI=1S/C18H21N3O2/c1-12-5-3-4-6-15(12)18(23)21-16-11-14(8-7-13(16)2)20-17(22)9-10-19/h3-8,11H,9-10,19H2,1-2H3,(H,20,22)(H,21,23). The lowest BCUT2D eigenvalue weighted by Gasteiger charge is -2.12. The lowest BCUT2D eigenvalue weighted by molar-refractivity contribution is -0.116. The largest absolute Gasteiger partial charge is 0.330 e. The Balaban J connectivity index is 2.17. The summed E-state index contributed by atoms with van der Waals surface area (Å²) in [6, 6.07) is 12.8. The van der Waals surface area contributed by atoms with E-state index in [1.807, 2.05) is 38.1 Å². The highest BCUT2D eigenvalue weighted by Gasteiger charge is 2.11. The van der Waals surface area contributed by atoms with E-state index in [9.17, 15) is 9.59 Å². The molecule has 0 radical (unpaired) electrons. The van der Waals surface area contributed by atoms with Crippen molar-refractivity contribution in [2.75, 3.05) is 17.2 Å². The molecule has 0 saturated carbocycles. The second kappa shape index (κ2) is 7.56. The maximum atomic E-state index is 12.4. The summed E-state index contributed by atoms with van der Waals surface area (Å²) in [6.45, 7) is 4.10. The fraction of sp³-hybridized carbons (Fsp3) is 0.222. The number of hydrogen-bond acceptors (Lipinski definition) is 3. The lowest BCUT2D eigenvalue weighted by Crippen LogP contribution is -2.17. The molecule has 0 aromatic heterocycles. The molecule has 0 aliphatic heterocycles. The van der Waals surface area contributed by atoms with Crippen molar-refractivity contribution >= 4 is 23.2 Å². The number of amides is 2. The van der Waals surface area contributed by atoms with Crippen molar-refractivity contribution in [3.63, 3.8) is 0 Å². The Morgan fingerprint density at radius 2 is 1.74 bits per heavy atom. The predicted octanol–water partition coefficient (Wildman–Crippen LogP) is 2.84. The van der Waals surface area contributed by atoms with Gasteiger partial charge in [0.2, 0.25) is 5.91 Å². The lowest BCUT2D eigenvalue weighted by atomic mass is 10.1. The van der Waals surface area contributed by atoms with Gasteiger partial charge in [-0.3, -0.25) is 9.59 Å². The van der Waals surface area contributed by atoms with Crippen LogP contribution in [-0.2, 0) is 4.79 Å². The first-order valence-corrected chi connectivity index (χ1v) is 7.49. The van der Waals surface area contributed by atoms with Crippen molar-refractivity contribution in [1.82, 2.24) is 0 Å². The van der Waals surface area contributed by atoms with Crippen molar-refractivity contribution in [3.05, 3.63) is 59.2 Å². The van der Waals surface area contributed by atoms with E-state index in [4.69, 9.17) is 5.73 Å². The van der Waals surface area contributed by atoms with Gasteiger partial charge in [0.1, 0.15) is 0 Å². The van der Waals surface area contributed by atoms with Gasteiger partial charge in [-0.05, 0) is 43.2 Å². The minimum atomic E-state index is -0.170. The number of rotatable bonds is 5. The van der Waals surface area contributed by atoms with Gasteiger partial charge in [-0.15, -0.1) is 0 Å². The summed E-state index contributed by atoms with van der Waals surface area (Å²) in [5, 5.41) is 5.66. The second-order valence-electron chi connectivity index (χ2n) is 5.39. The van der Waals surface area contributed by atoms with E-state index < -0.39 is 0 Å². The van der Waals surface area contributed by atoms with Crippen LogP contribution in [0.5, 0.6) is 0 Å². The molecule has 0 aliphatic carbocycles. The molecule has 0 heterocycles. The van der Waals surface area contributed by atoms with Crippen LogP contribution in [0.1, 0.15) is 27.9 Å².